The number of piperazine rings is 1. The van der Waals surface area contributed by atoms with Gasteiger partial charge >= 0.3 is 12.1 Å². The summed E-state index contributed by atoms with van der Waals surface area (Å²) in [5.74, 6) is -0.335. The molecule has 152 valence electrons. The van der Waals surface area contributed by atoms with Gasteiger partial charge in [-0.2, -0.15) is 0 Å². The van der Waals surface area contributed by atoms with Crippen molar-refractivity contribution in [3.63, 3.8) is 0 Å². The maximum atomic E-state index is 12.4. The van der Waals surface area contributed by atoms with E-state index in [2.05, 4.69) is 17.9 Å². The summed E-state index contributed by atoms with van der Waals surface area (Å²) in [6.45, 7) is 9.67. The molecule has 1 atom stereocenters. The molecule has 7 heteroatoms. The molecule has 0 bridgehead atoms. The van der Waals surface area contributed by atoms with Crippen LogP contribution in [0.2, 0.25) is 0 Å². The predicted molar refractivity (Wildman–Crippen MR) is 109 cm³/mol. The Morgan fingerprint density at radius 1 is 1.18 bits per heavy atom. The lowest BCUT2D eigenvalue weighted by atomic mass is 10.1. The first-order chi connectivity index (χ1) is 13.1. The van der Waals surface area contributed by atoms with Gasteiger partial charge in [-0.05, 0) is 45.9 Å². The smallest absolute Gasteiger partial charge is 0.410 e. The van der Waals surface area contributed by atoms with Crippen molar-refractivity contribution in [1.82, 2.24) is 9.47 Å². The number of anilines is 1. The molecule has 1 aliphatic heterocycles. The monoisotopic (exact) mass is 387 g/mol. The van der Waals surface area contributed by atoms with Crippen LogP contribution in [0, 0.1) is 0 Å². The van der Waals surface area contributed by atoms with Gasteiger partial charge in [-0.15, -0.1) is 0 Å². The van der Waals surface area contributed by atoms with Crippen molar-refractivity contribution in [1.29, 1.82) is 0 Å². The number of carbonyl (C=O) groups excluding carboxylic acids is 2. The Morgan fingerprint density at radius 2 is 1.89 bits per heavy atom. The molecule has 28 heavy (non-hydrogen) atoms. The van der Waals surface area contributed by atoms with Crippen molar-refractivity contribution in [2.24, 2.45) is 7.05 Å². The fourth-order valence-corrected chi connectivity index (χ4v) is 3.66. The van der Waals surface area contributed by atoms with E-state index in [4.69, 9.17) is 9.47 Å². The van der Waals surface area contributed by atoms with Crippen LogP contribution in [0.3, 0.4) is 0 Å². The lowest BCUT2D eigenvalue weighted by Crippen LogP contribution is -2.54. The van der Waals surface area contributed by atoms with E-state index in [-0.39, 0.29) is 18.1 Å². The Kier molecular flexibility index (Phi) is 5.28. The molecule has 2 heterocycles. The van der Waals surface area contributed by atoms with Gasteiger partial charge in [0.2, 0.25) is 0 Å². The molecule has 0 spiro atoms. The first-order valence-electron chi connectivity index (χ1n) is 9.52. The number of benzene rings is 1. The molecule has 2 aromatic rings. The van der Waals surface area contributed by atoms with E-state index in [1.54, 1.807) is 11.1 Å². The molecule has 0 N–H and O–H groups in total. The van der Waals surface area contributed by atoms with Crippen LogP contribution in [-0.2, 0) is 16.5 Å². The fourth-order valence-electron chi connectivity index (χ4n) is 3.66. The number of aryl methyl sites for hydroxylation is 1. The van der Waals surface area contributed by atoms with Gasteiger partial charge in [0.15, 0.2) is 0 Å². The van der Waals surface area contributed by atoms with Crippen LogP contribution >= 0.6 is 0 Å². The molecule has 7 nitrogen and oxygen atoms in total. The van der Waals surface area contributed by atoms with Crippen LogP contribution in [0.4, 0.5) is 10.5 Å². The summed E-state index contributed by atoms with van der Waals surface area (Å²) in [5, 5.41) is 0.873. The van der Waals surface area contributed by atoms with E-state index in [0.717, 1.165) is 23.1 Å². The van der Waals surface area contributed by atoms with Crippen molar-refractivity contribution in [2.75, 3.05) is 31.6 Å². The number of ether oxygens (including phenoxy) is 2. The molecular formula is C21H29N3O4. The molecule has 0 aliphatic carbocycles. The highest BCUT2D eigenvalue weighted by atomic mass is 16.6. The van der Waals surface area contributed by atoms with Crippen LogP contribution in [-0.4, -0.2) is 59.9 Å². The number of aromatic nitrogens is 1. The maximum Gasteiger partial charge on any atom is 0.410 e. The van der Waals surface area contributed by atoms with Crippen molar-refractivity contribution < 1.29 is 19.1 Å². The lowest BCUT2D eigenvalue weighted by molar-refractivity contribution is 0.0218. The Labute approximate surface area is 165 Å². The predicted octanol–water partition coefficient (Wildman–Crippen LogP) is 3.41. The number of nitrogens with zero attached hydrogens (tertiary/aromatic N) is 3. The topological polar surface area (TPSA) is 64.0 Å². The molecule has 0 saturated carbocycles. The van der Waals surface area contributed by atoms with Gasteiger partial charge in [-0.3, -0.25) is 0 Å². The minimum absolute atomic E-state index is 0.152. The highest BCUT2D eigenvalue weighted by Crippen LogP contribution is 2.29. The Hall–Kier alpha value is -2.70. The Bertz CT molecular complexity index is 897. The third kappa shape index (κ3) is 3.93. The molecule has 1 aromatic carbocycles. The molecule has 1 amide bonds. The summed E-state index contributed by atoms with van der Waals surface area (Å²) in [6, 6.07) is 6.22. The average molecular weight is 387 g/mol. The molecule has 0 unspecified atom stereocenters. The maximum absolute atomic E-state index is 12.4. The zero-order valence-corrected chi connectivity index (χ0v) is 17.5. The first kappa shape index (κ1) is 20.0. The van der Waals surface area contributed by atoms with Crippen molar-refractivity contribution in [3.8, 4) is 0 Å². The van der Waals surface area contributed by atoms with Gasteiger partial charge in [0.25, 0.3) is 0 Å². The molecule has 1 fully saturated rings. The minimum atomic E-state index is -0.494. The molecule has 3 rings (SSSR count). The second kappa shape index (κ2) is 7.37. The van der Waals surface area contributed by atoms with Crippen LogP contribution in [0.25, 0.3) is 10.9 Å². The van der Waals surface area contributed by atoms with Crippen molar-refractivity contribution >= 4 is 28.7 Å². The average Bonchev–Trinajstić information content (AvgIpc) is 2.96. The van der Waals surface area contributed by atoms with E-state index in [0.29, 0.717) is 18.7 Å². The zero-order valence-electron chi connectivity index (χ0n) is 17.5. The number of hydrogen-bond acceptors (Lipinski definition) is 5. The van der Waals surface area contributed by atoms with Crippen molar-refractivity contribution in [2.45, 2.75) is 39.3 Å². The summed E-state index contributed by atoms with van der Waals surface area (Å²) < 4.78 is 12.3. The number of esters is 1. The van der Waals surface area contributed by atoms with E-state index >= 15 is 0 Å². The van der Waals surface area contributed by atoms with Crippen molar-refractivity contribution in [3.05, 3.63) is 30.0 Å². The highest BCUT2D eigenvalue weighted by molar-refractivity contribution is 6.05. The molecule has 1 aromatic heterocycles. The summed E-state index contributed by atoms with van der Waals surface area (Å²) >= 11 is 0. The Morgan fingerprint density at radius 3 is 2.50 bits per heavy atom. The van der Waals surface area contributed by atoms with Crippen LogP contribution in [0.15, 0.2) is 24.4 Å². The van der Waals surface area contributed by atoms with E-state index in [1.807, 2.05) is 44.5 Å². The number of hydrogen-bond donors (Lipinski definition) is 0. The van der Waals surface area contributed by atoms with E-state index in [1.165, 1.54) is 7.11 Å². The SMILES string of the molecule is COC(=O)c1cn(C)c2cc(N3CCN(C(=O)OC(C)(C)C)C[C@H]3C)ccc12. The minimum Gasteiger partial charge on any atom is -0.465 e. The summed E-state index contributed by atoms with van der Waals surface area (Å²) in [4.78, 5) is 28.4. The lowest BCUT2D eigenvalue weighted by Gasteiger charge is -2.41. The van der Waals surface area contributed by atoms with E-state index in [9.17, 15) is 9.59 Å². The summed E-state index contributed by atoms with van der Waals surface area (Å²) in [5.41, 5.74) is 2.11. The zero-order chi connectivity index (χ0) is 20.6. The van der Waals surface area contributed by atoms with Gasteiger partial charge in [0, 0.05) is 50.0 Å². The molecule has 1 saturated heterocycles. The Balaban J connectivity index is 1.79. The van der Waals surface area contributed by atoms with Gasteiger partial charge in [0.1, 0.15) is 5.60 Å². The third-order valence-electron chi connectivity index (χ3n) is 4.99. The van der Waals surface area contributed by atoms with Gasteiger partial charge in [-0.25, -0.2) is 9.59 Å². The number of amides is 1. The third-order valence-corrected chi connectivity index (χ3v) is 4.99. The molecule has 0 radical (unpaired) electrons. The van der Waals surface area contributed by atoms with Gasteiger partial charge < -0.3 is 23.8 Å². The fraction of sp³-hybridized carbons (Fsp3) is 0.524. The quantitative estimate of drug-likeness (QED) is 0.739. The molecular weight excluding hydrogens is 358 g/mol. The van der Waals surface area contributed by atoms with Gasteiger partial charge in [0.05, 0.1) is 18.2 Å². The first-order valence-corrected chi connectivity index (χ1v) is 9.52. The second-order valence-corrected chi connectivity index (χ2v) is 8.32. The summed E-state index contributed by atoms with van der Waals surface area (Å²) in [6.07, 6.45) is 1.53. The molecule has 1 aliphatic rings. The van der Waals surface area contributed by atoms with Crippen LogP contribution in [0.1, 0.15) is 38.1 Å². The number of methoxy groups -OCH3 is 1. The van der Waals surface area contributed by atoms with Crippen LogP contribution < -0.4 is 4.90 Å². The normalized spacial score (nSPS) is 17.7. The van der Waals surface area contributed by atoms with E-state index < -0.39 is 5.60 Å². The standard InChI is InChI=1S/C21H29N3O4/c1-14-12-23(20(26)28-21(2,3)4)9-10-24(14)15-7-8-16-17(19(25)27-6)13-22(5)18(16)11-15/h7-8,11,13-14H,9-10,12H2,1-6H3/t14-/m1/s1. The number of rotatable bonds is 2. The second-order valence-electron chi connectivity index (χ2n) is 8.32. The number of fused-ring (bicyclic) bond motifs is 1. The highest BCUT2D eigenvalue weighted by Gasteiger charge is 2.30. The summed E-state index contributed by atoms with van der Waals surface area (Å²) in [7, 11) is 3.31. The van der Waals surface area contributed by atoms with Gasteiger partial charge in [-0.1, -0.05) is 0 Å². The number of carbonyl (C=O) groups is 2. The van der Waals surface area contributed by atoms with Crippen LogP contribution in [0.5, 0.6) is 0 Å². The largest absolute Gasteiger partial charge is 0.465 e.